The molecular formula is C56H56N4O. The van der Waals surface area contributed by atoms with Crippen LogP contribution in [0.5, 0.6) is 11.5 Å². The number of anilines is 2. The van der Waals surface area contributed by atoms with Gasteiger partial charge in [0.25, 0.3) is 0 Å². The number of ether oxygens (including phenoxy) is 1. The number of nitrogens with zero attached hydrogens (tertiary/aromatic N) is 4. The second-order valence-corrected chi connectivity index (χ2v) is 19.6. The molecule has 1 aliphatic rings. The Hall–Kier alpha value is -6.59. The van der Waals surface area contributed by atoms with Crippen molar-refractivity contribution >= 4 is 33.2 Å². The van der Waals surface area contributed by atoms with Crippen molar-refractivity contribution in [1.82, 2.24) is 9.55 Å². The fourth-order valence-electron chi connectivity index (χ4n) is 8.47. The predicted molar refractivity (Wildman–Crippen MR) is 257 cm³/mol. The molecule has 0 aliphatic carbocycles. The fraction of sp³-hybridized carbons (Fsp3) is 0.232. The van der Waals surface area contributed by atoms with Crippen LogP contribution >= 0.6 is 0 Å². The SMILES string of the molecule is CC(C)(C)C1=CN(c2cc(Oc3ccc4c5ccccc5n(-c5cc(C(C)(C)C)ccn5)c4c3)cc(C(C)(C)C)c2)CN1c1cc(-c2ccccc2)cc(-c2ccccc2)c1. The van der Waals surface area contributed by atoms with E-state index in [1.54, 1.807) is 0 Å². The minimum atomic E-state index is -0.125. The summed E-state index contributed by atoms with van der Waals surface area (Å²) < 4.78 is 9.20. The number of hydrogen-bond acceptors (Lipinski definition) is 4. The number of benzene rings is 6. The summed E-state index contributed by atoms with van der Waals surface area (Å²) in [5, 5.41) is 2.35. The molecule has 1 aliphatic heterocycles. The van der Waals surface area contributed by atoms with Crippen molar-refractivity contribution in [3.63, 3.8) is 0 Å². The van der Waals surface area contributed by atoms with E-state index >= 15 is 0 Å². The molecular weight excluding hydrogens is 745 g/mol. The number of pyridine rings is 1. The smallest absolute Gasteiger partial charge is 0.137 e. The van der Waals surface area contributed by atoms with Crippen molar-refractivity contribution in [1.29, 1.82) is 0 Å². The molecule has 9 rings (SSSR count). The zero-order valence-electron chi connectivity index (χ0n) is 37.0. The molecule has 61 heavy (non-hydrogen) atoms. The molecule has 0 N–H and O–H groups in total. The first-order chi connectivity index (χ1) is 29.1. The second-order valence-electron chi connectivity index (χ2n) is 19.6. The van der Waals surface area contributed by atoms with Crippen LogP contribution in [0.1, 0.15) is 73.4 Å². The topological polar surface area (TPSA) is 33.5 Å². The lowest BCUT2D eigenvalue weighted by atomic mass is 9.86. The first kappa shape index (κ1) is 39.8. The highest BCUT2D eigenvalue weighted by atomic mass is 16.5. The summed E-state index contributed by atoms with van der Waals surface area (Å²) in [6.45, 7) is 21.1. The summed E-state index contributed by atoms with van der Waals surface area (Å²) in [4.78, 5) is 9.77. The van der Waals surface area contributed by atoms with Gasteiger partial charge in [-0.2, -0.15) is 0 Å². The standard InChI is InChI=1S/C56H56N4O/c1-54(2,3)42-26-27-57-53(33-42)60-50-23-17-16-22-48(50)49-25-24-46(35-51(49)60)61-47-32-43(55(4,5)6)31-44(34-47)58-36-52(56(7,8)9)59(37-58)45-29-40(38-18-12-10-13-19-38)28-41(30-45)39-20-14-11-15-21-39/h10-36H,37H2,1-9H3. The number of fused-ring (bicyclic) bond motifs is 3. The van der Waals surface area contributed by atoms with Crippen LogP contribution in [0.15, 0.2) is 170 Å². The van der Waals surface area contributed by atoms with E-state index in [2.05, 4.69) is 235 Å². The van der Waals surface area contributed by atoms with Gasteiger partial charge >= 0.3 is 0 Å². The maximum absolute atomic E-state index is 6.93. The molecule has 0 saturated carbocycles. The minimum Gasteiger partial charge on any atom is -0.457 e. The van der Waals surface area contributed by atoms with Crippen molar-refractivity contribution in [3.8, 4) is 39.6 Å². The van der Waals surface area contributed by atoms with Gasteiger partial charge in [0.2, 0.25) is 0 Å². The summed E-state index contributed by atoms with van der Waals surface area (Å²) in [5.74, 6) is 2.48. The summed E-state index contributed by atoms with van der Waals surface area (Å²) in [7, 11) is 0. The molecule has 6 aromatic carbocycles. The monoisotopic (exact) mass is 800 g/mol. The number of allylic oxidation sites excluding steroid dienone is 1. The van der Waals surface area contributed by atoms with Gasteiger partial charge in [-0.05, 0) is 105 Å². The molecule has 8 aromatic rings. The second kappa shape index (κ2) is 15.1. The van der Waals surface area contributed by atoms with Gasteiger partial charge in [0.1, 0.15) is 17.3 Å². The van der Waals surface area contributed by atoms with Gasteiger partial charge < -0.3 is 14.5 Å². The third kappa shape index (κ3) is 7.93. The van der Waals surface area contributed by atoms with Crippen LogP contribution < -0.4 is 14.5 Å². The van der Waals surface area contributed by atoms with Gasteiger partial charge in [0.15, 0.2) is 0 Å². The Labute approximate surface area is 361 Å². The van der Waals surface area contributed by atoms with Gasteiger partial charge in [-0.25, -0.2) is 4.98 Å². The van der Waals surface area contributed by atoms with Crippen LogP contribution in [0.3, 0.4) is 0 Å². The molecule has 0 amide bonds. The first-order valence-corrected chi connectivity index (χ1v) is 21.5. The molecule has 0 fully saturated rings. The lowest BCUT2D eigenvalue weighted by Crippen LogP contribution is -2.30. The van der Waals surface area contributed by atoms with E-state index in [-0.39, 0.29) is 16.2 Å². The lowest BCUT2D eigenvalue weighted by molar-refractivity contribution is 0.479. The van der Waals surface area contributed by atoms with Crippen LogP contribution in [-0.4, -0.2) is 16.2 Å². The highest BCUT2D eigenvalue weighted by Crippen LogP contribution is 2.43. The Morgan fingerprint density at radius 2 is 1.10 bits per heavy atom. The van der Waals surface area contributed by atoms with Gasteiger partial charge in [0.05, 0.1) is 17.7 Å². The molecule has 0 bridgehead atoms. The summed E-state index contributed by atoms with van der Waals surface area (Å²) in [6, 6.07) is 54.5. The maximum Gasteiger partial charge on any atom is 0.137 e. The van der Waals surface area contributed by atoms with Gasteiger partial charge in [-0.3, -0.25) is 4.57 Å². The number of hydrogen-bond donors (Lipinski definition) is 0. The van der Waals surface area contributed by atoms with Crippen molar-refractivity contribution in [2.75, 3.05) is 16.5 Å². The molecule has 0 saturated heterocycles. The van der Waals surface area contributed by atoms with E-state index in [4.69, 9.17) is 9.72 Å². The Kier molecular flexibility index (Phi) is 9.90. The van der Waals surface area contributed by atoms with Gasteiger partial charge in [-0.15, -0.1) is 0 Å². The molecule has 306 valence electrons. The van der Waals surface area contributed by atoms with Crippen LogP contribution in [0.4, 0.5) is 11.4 Å². The maximum atomic E-state index is 6.93. The first-order valence-electron chi connectivity index (χ1n) is 21.5. The van der Waals surface area contributed by atoms with Crippen LogP contribution in [0.25, 0.3) is 49.9 Å². The largest absolute Gasteiger partial charge is 0.457 e. The Bertz CT molecular complexity index is 2860. The van der Waals surface area contributed by atoms with Crippen LogP contribution in [-0.2, 0) is 10.8 Å². The van der Waals surface area contributed by atoms with E-state index in [9.17, 15) is 0 Å². The zero-order chi connectivity index (χ0) is 42.7. The van der Waals surface area contributed by atoms with E-state index < -0.39 is 0 Å². The van der Waals surface area contributed by atoms with Crippen molar-refractivity contribution < 1.29 is 4.74 Å². The molecule has 5 nitrogen and oxygen atoms in total. The van der Waals surface area contributed by atoms with Crippen LogP contribution in [0, 0.1) is 5.41 Å². The Morgan fingerprint density at radius 3 is 1.74 bits per heavy atom. The lowest BCUT2D eigenvalue weighted by Gasteiger charge is -2.31. The summed E-state index contributed by atoms with van der Waals surface area (Å²) in [6.07, 6.45) is 4.27. The van der Waals surface area contributed by atoms with E-state index in [0.29, 0.717) is 6.67 Å². The van der Waals surface area contributed by atoms with Crippen molar-refractivity contribution in [3.05, 3.63) is 181 Å². The molecule has 0 atom stereocenters. The molecule has 3 heterocycles. The van der Waals surface area contributed by atoms with Gasteiger partial charge in [0, 0.05) is 57.8 Å². The Balaban J connectivity index is 1.12. The van der Waals surface area contributed by atoms with E-state index in [1.807, 2.05) is 6.20 Å². The van der Waals surface area contributed by atoms with Crippen LogP contribution in [0.2, 0.25) is 0 Å². The molecule has 0 radical (unpaired) electrons. The number of aromatic nitrogens is 2. The highest BCUT2D eigenvalue weighted by molar-refractivity contribution is 6.09. The summed E-state index contributed by atoms with van der Waals surface area (Å²) >= 11 is 0. The average molecular weight is 801 g/mol. The number of para-hydroxylation sites is 1. The van der Waals surface area contributed by atoms with E-state index in [0.717, 1.165) is 34.0 Å². The molecule has 5 heteroatoms. The fourth-order valence-corrected chi connectivity index (χ4v) is 8.47. The quantitative estimate of drug-likeness (QED) is 0.161. The zero-order valence-corrected chi connectivity index (χ0v) is 37.0. The summed E-state index contributed by atoms with van der Waals surface area (Å²) in [5.41, 5.74) is 12.7. The highest BCUT2D eigenvalue weighted by Gasteiger charge is 2.33. The minimum absolute atomic E-state index is 0.00694. The molecule has 2 aromatic heterocycles. The predicted octanol–water partition coefficient (Wildman–Crippen LogP) is 15.1. The third-order valence-electron chi connectivity index (χ3n) is 11.9. The Morgan fingerprint density at radius 1 is 0.475 bits per heavy atom. The third-order valence-corrected chi connectivity index (χ3v) is 11.9. The average Bonchev–Trinajstić information content (AvgIpc) is 3.85. The number of rotatable bonds is 7. The molecule has 0 unspecified atom stereocenters. The molecule has 0 spiro atoms. The van der Waals surface area contributed by atoms with Crippen molar-refractivity contribution in [2.24, 2.45) is 5.41 Å². The normalized spacial score (nSPS) is 13.6. The van der Waals surface area contributed by atoms with Gasteiger partial charge in [-0.1, -0.05) is 141 Å². The van der Waals surface area contributed by atoms with E-state index in [1.165, 1.54) is 55.5 Å². The van der Waals surface area contributed by atoms with Crippen molar-refractivity contribution in [2.45, 2.75) is 73.1 Å².